The molecule has 1 amide bonds. The Morgan fingerprint density at radius 1 is 1.10 bits per heavy atom. The van der Waals surface area contributed by atoms with E-state index in [4.69, 9.17) is 4.79 Å². The van der Waals surface area contributed by atoms with Gasteiger partial charge in [-0.3, -0.25) is 4.79 Å². The van der Waals surface area contributed by atoms with Gasteiger partial charge in [0.05, 0.1) is 0 Å². The topological polar surface area (TPSA) is 67.3 Å². The Hall–Kier alpha value is -2.82. The van der Waals surface area contributed by atoms with E-state index in [1.165, 1.54) is 23.1 Å². The Kier molecular flexibility index (Phi) is 11.4. The highest BCUT2D eigenvalue weighted by molar-refractivity contribution is 5.92. The van der Waals surface area contributed by atoms with Crippen molar-refractivity contribution in [3.8, 4) is 0 Å². The summed E-state index contributed by atoms with van der Waals surface area (Å²) in [5.74, 6) is 0.580. The minimum absolute atomic E-state index is 0.0107. The molecule has 0 N–H and O–H groups in total. The summed E-state index contributed by atoms with van der Waals surface area (Å²) in [6.45, 7) is 13.5. The van der Waals surface area contributed by atoms with Crippen LogP contribution < -0.4 is 0 Å². The lowest BCUT2D eigenvalue weighted by molar-refractivity contribution is -0.107. The van der Waals surface area contributed by atoms with Crippen LogP contribution in [0.3, 0.4) is 0 Å². The average Bonchev–Trinajstić information content (AvgIpc) is 2.79. The summed E-state index contributed by atoms with van der Waals surface area (Å²) in [4.78, 5) is 37.4. The van der Waals surface area contributed by atoms with Crippen molar-refractivity contribution in [2.75, 3.05) is 6.54 Å². The molecular weight excluding hydrogens is 388 g/mol. The van der Waals surface area contributed by atoms with Gasteiger partial charge in [0.25, 0.3) is 5.91 Å². The Labute approximate surface area is 186 Å². The number of likely N-dealkylation sites (tertiary alicyclic amines) is 1. The highest BCUT2D eigenvalue weighted by Gasteiger charge is 2.29. The minimum Gasteiger partial charge on any atom is -0.334 e. The maximum atomic E-state index is 12.6. The predicted octanol–water partition coefficient (Wildman–Crippen LogP) is 4.90. The Balaban J connectivity index is 0.000000365. The van der Waals surface area contributed by atoms with Crippen LogP contribution in [0, 0.1) is 26.7 Å². The second-order valence-corrected chi connectivity index (χ2v) is 8.06. The molecule has 168 valence electrons. The van der Waals surface area contributed by atoms with Gasteiger partial charge in [0.15, 0.2) is 0 Å². The Morgan fingerprint density at radius 2 is 1.71 bits per heavy atom. The molecule has 5 nitrogen and oxygen atoms in total. The van der Waals surface area contributed by atoms with Crippen LogP contribution in [0.25, 0.3) is 0 Å². The fraction of sp³-hybridized carbons (Fsp3) is 0.462. The maximum Gasteiger partial charge on any atom is 0.272 e. The summed E-state index contributed by atoms with van der Waals surface area (Å²) in [7, 11) is 0. The lowest BCUT2D eigenvalue weighted by Gasteiger charge is -2.37. The molecule has 0 radical (unpaired) electrons. The van der Waals surface area contributed by atoms with Gasteiger partial charge in [-0.2, -0.15) is 0 Å². The molecule has 1 aliphatic heterocycles. The van der Waals surface area contributed by atoms with Crippen molar-refractivity contribution in [2.45, 2.75) is 66.3 Å². The Morgan fingerprint density at radius 3 is 2.26 bits per heavy atom. The summed E-state index contributed by atoms with van der Waals surface area (Å²) >= 11 is 0. The van der Waals surface area contributed by atoms with Gasteiger partial charge >= 0.3 is 0 Å². The normalized spacial score (nSPS) is 17.5. The monoisotopic (exact) mass is 424 g/mol. The molecule has 5 heteroatoms. The lowest BCUT2D eigenvalue weighted by atomic mass is 9.91. The summed E-state index contributed by atoms with van der Waals surface area (Å²) < 4.78 is 0. The first-order chi connectivity index (χ1) is 14.9. The number of piperidine rings is 1. The third-order valence-electron chi connectivity index (χ3n) is 6.01. The van der Waals surface area contributed by atoms with Crippen LogP contribution in [0.1, 0.15) is 66.0 Å². The molecule has 0 saturated carbocycles. The third kappa shape index (κ3) is 7.74. The second kappa shape index (κ2) is 13.5. The van der Waals surface area contributed by atoms with Gasteiger partial charge in [0.2, 0.25) is 0 Å². The fourth-order valence-corrected chi connectivity index (χ4v) is 3.64. The molecular formula is C26H36N2O3. The number of aldehydes is 1. The van der Waals surface area contributed by atoms with E-state index in [2.05, 4.69) is 57.8 Å². The number of amides is 1. The molecule has 0 spiro atoms. The number of aromatic nitrogens is 1. The van der Waals surface area contributed by atoms with Crippen LogP contribution in [-0.2, 0) is 16.0 Å². The minimum atomic E-state index is -0.0107. The zero-order valence-electron chi connectivity index (χ0n) is 19.6. The average molecular weight is 425 g/mol. The molecule has 2 aromatic rings. The van der Waals surface area contributed by atoms with Crippen molar-refractivity contribution in [1.29, 1.82) is 0 Å². The van der Waals surface area contributed by atoms with Crippen LogP contribution in [0.2, 0.25) is 0 Å². The van der Waals surface area contributed by atoms with Crippen molar-refractivity contribution >= 4 is 19.0 Å². The van der Waals surface area contributed by atoms with E-state index in [0.717, 1.165) is 25.7 Å². The first kappa shape index (κ1) is 26.2. The number of hydrogen-bond acceptors (Lipinski definition) is 4. The lowest BCUT2D eigenvalue weighted by Crippen LogP contribution is -2.45. The van der Waals surface area contributed by atoms with Crippen LogP contribution >= 0.6 is 0 Å². The van der Waals surface area contributed by atoms with Gasteiger partial charge in [0.1, 0.15) is 18.8 Å². The number of aryl methyl sites for hydroxylation is 2. The SMILES string of the molecule is C=O.CCC1CCC(C)N(C(=O)c2cccc(CC=O)n2)C1.Cc1cccc(C)c1C. The summed E-state index contributed by atoms with van der Waals surface area (Å²) in [6.07, 6.45) is 4.43. The van der Waals surface area contributed by atoms with Gasteiger partial charge in [-0.15, -0.1) is 0 Å². The van der Waals surface area contributed by atoms with Gasteiger partial charge in [0, 0.05) is 24.7 Å². The smallest absolute Gasteiger partial charge is 0.272 e. The molecule has 1 fully saturated rings. The standard InChI is InChI=1S/C16H22N2O2.C9H12.CH2O/c1-3-13-8-7-12(2)18(11-13)16(20)15-6-4-5-14(17-15)9-10-19;1-7-5-4-6-8(2)9(7)3;1-2/h4-6,10,12-13H,3,7-9,11H2,1-2H3;4-6H,1-3H3;1H2. The summed E-state index contributed by atoms with van der Waals surface area (Å²) in [5.41, 5.74) is 5.29. The molecule has 2 unspecified atom stereocenters. The van der Waals surface area contributed by atoms with Crippen molar-refractivity contribution in [2.24, 2.45) is 5.92 Å². The number of rotatable bonds is 4. The molecule has 3 rings (SSSR count). The molecule has 31 heavy (non-hydrogen) atoms. The maximum absolute atomic E-state index is 12.6. The van der Waals surface area contributed by atoms with Gasteiger partial charge in [-0.25, -0.2) is 4.98 Å². The Bertz CT molecular complexity index is 830. The van der Waals surface area contributed by atoms with E-state index in [-0.39, 0.29) is 18.4 Å². The van der Waals surface area contributed by atoms with Crippen molar-refractivity contribution in [1.82, 2.24) is 9.88 Å². The van der Waals surface area contributed by atoms with E-state index in [1.54, 1.807) is 18.2 Å². The van der Waals surface area contributed by atoms with E-state index < -0.39 is 0 Å². The third-order valence-corrected chi connectivity index (χ3v) is 6.01. The van der Waals surface area contributed by atoms with Crippen LogP contribution in [0.15, 0.2) is 36.4 Å². The molecule has 1 aromatic carbocycles. The zero-order chi connectivity index (χ0) is 23.4. The summed E-state index contributed by atoms with van der Waals surface area (Å²) in [5, 5.41) is 0. The second-order valence-electron chi connectivity index (χ2n) is 8.06. The number of carbonyl (C=O) groups excluding carboxylic acids is 3. The van der Waals surface area contributed by atoms with E-state index in [9.17, 15) is 9.59 Å². The van der Waals surface area contributed by atoms with Gasteiger partial charge < -0.3 is 14.5 Å². The first-order valence-corrected chi connectivity index (χ1v) is 10.9. The molecule has 1 aromatic heterocycles. The van der Waals surface area contributed by atoms with Crippen molar-refractivity contribution < 1.29 is 14.4 Å². The van der Waals surface area contributed by atoms with Gasteiger partial charge in [-0.1, -0.05) is 37.6 Å². The first-order valence-electron chi connectivity index (χ1n) is 10.9. The van der Waals surface area contributed by atoms with E-state index >= 15 is 0 Å². The van der Waals surface area contributed by atoms with Crippen molar-refractivity contribution in [3.63, 3.8) is 0 Å². The molecule has 0 aliphatic carbocycles. The number of nitrogens with zero attached hydrogens (tertiary/aromatic N) is 2. The number of carbonyl (C=O) groups is 3. The van der Waals surface area contributed by atoms with E-state index in [1.807, 2.05) is 11.7 Å². The van der Waals surface area contributed by atoms with Crippen molar-refractivity contribution in [3.05, 3.63) is 64.5 Å². The molecule has 2 atom stereocenters. The number of pyridine rings is 1. The number of hydrogen-bond donors (Lipinski definition) is 0. The van der Waals surface area contributed by atoms with Crippen LogP contribution in [0.5, 0.6) is 0 Å². The van der Waals surface area contributed by atoms with Gasteiger partial charge in [-0.05, 0) is 75.3 Å². The number of benzene rings is 1. The molecule has 2 heterocycles. The summed E-state index contributed by atoms with van der Waals surface area (Å²) in [6, 6.07) is 12.0. The van der Waals surface area contributed by atoms with E-state index in [0.29, 0.717) is 17.3 Å². The van der Waals surface area contributed by atoms with Crippen LogP contribution in [0.4, 0.5) is 0 Å². The quantitative estimate of drug-likeness (QED) is 0.655. The highest BCUT2D eigenvalue weighted by atomic mass is 16.2. The molecule has 1 aliphatic rings. The largest absolute Gasteiger partial charge is 0.334 e. The molecule has 0 bridgehead atoms. The predicted molar refractivity (Wildman–Crippen MR) is 125 cm³/mol. The fourth-order valence-electron chi connectivity index (χ4n) is 3.64. The van der Waals surface area contributed by atoms with Crippen LogP contribution in [-0.4, -0.2) is 41.5 Å². The highest BCUT2D eigenvalue weighted by Crippen LogP contribution is 2.25. The molecule has 1 saturated heterocycles. The zero-order valence-corrected chi connectivity index (χ0v) is 19.6.